The molecule has 0 rings (SSSR count). The van der Waals surface area contributed by atoms with Crippen LogP contribution in [0.25, 0.3) is 0 Å². The van der Waals surface area contributed by atoms with Crippen LogP contribution in [0.1, 0.15) is 185 Å². The quantitative estimate of drug-likeness (QED) is 0.0615. The predicted molar refractivity (Wildman–Crippen MR) is 231 cm³/mol. The smallest absolute Gasteiger partial charge is 0.306 e. The molecule has 0 amide bonds. The highest BCUT2D eigenvalue weighted by atomic mass is 16.5. The van der Waals surface area contributed by atoms with Crippen LogP contribution >= 0.6 is 0 Å². The van der Waals surface area contributed by atoms with E-state index in [0.29, 0.717) is 0 Å². The Balaban J connectivity index is 4.23. The van der Waals surface area contributed by atoms with Gasteiger partial charge in [0.25, 0.3) is 0 Å². The summed E-state index contributed by atoms with van der Waals surface area (Å²) in [5.74, 6) is -1.45. The zero-order valence-electron chi connectivity index (χ0n) is 35.8. The number of aliphatic carboxylic acids is 1. The number of allylic oxidation sites excluding steroid dienone is 17. The van der Waals surface area contributed by atoms with E-state index >= 15 is 0 Å². The number of rotatable bonds is 29. The Morgan fingerprint density at radius 1 is 0.358 bits per heavy atom. The molecule has 0 aromatic heterocycles. The predicted octanol–water partition coefficient (Wildman–Crippen LogP) is 15.2. The molecule has 0 aromatic rings. The first kappa shape index (κ1) is 49.6. The molecular formula is C49H78O4. The van der Waals surface area contributed by atoms with Crippen molar-refractivity contribution in [2.75, 3.05) is 6.61 Å². The van der Waals surface area contributed by atoms with E-state index in [1.807, 2.05) is 13.0 Å². The van der Waals surface area contributed by atoms with Crippen LogP contribution in [0.2, 0.25) is 0 Å². The van der Waals surface area contributed by atoms with Crippen LogP contribution in [-0.2, 0) is 14.3 Å². The summed E-state index contributed by atoms with van der Waals surface area (Å²) in [7, 11) is 0. The first-order chi connectivity index (χ1) is 25.2. The molecule has 0 saturated carbocycles. The van der Waals surface area contributed by atoms with E-state index in [2.05, 4.69) is 111 Å². The summed E-state index contributed by atoms with van der Waals surface area (Å²) in [5, 5.41) is 8.63. The van der Waals surface area contributed by atoms with E-state index in [9.17, 15) is 9.59 Å². The molecule has 0 aliphatic rings. The SMILES string of the molecule is CC(C)=CCC/C(C)=C/CC/C(C)=C/CC/C(C)=C/CC/C(C)=C/CC/C(C)=C/CC/C(C)=C/CC/C(C)=C/CC/C(C)=C/COC(=O)CCC(=O)O. The maximum atomic E-state index is 11.5. The third kappa shape index (κ3) is 34.1. The fourth-order valence-electron chi connectivity index (χ4n) is 5.79. The number of carboxylic acids is 1. The van der Waals surface area contributed by atoms with Crippen LogP contribution < -0.4 is 0 Å². The van der Waals surface area contributed by atoms with Crippen LogP contribution in [-0.4, -0.2) is 23.7 Å². The van der Waals surface area contributed by atoms with E-state index < -0.39 is 11.9 Å². The van der Waals surface area contributed by atoms with Crippen molar-refractivity contribution >= 4 is 11.9 Å². The van der Waals surface area contributed by atoms with Gasteiger partial charge in [0.15, 0.2) is 0 Å². The molecule has 0 spiro atoms. The summed E-state index contributed by atoms with van der Waals surface area (Å²) in [6.07, 6.45) is 38.6. The Hall–Kier alpha value is -3.40. The molecule has 0 atom stereocenters. The van der Waals surface area contributed by atoms with Crippen molar-refractivity contribution in [2.24, 2.45) is 0 Å². The number of carbonyl (C=O) groups excluding carboxylic acids is 1. The van der Waals surface area contributed by atoms with Crippen molar-refractivity contribution in [1.82, 2.24) is 0 Å². The van der Waals surface area contributed by atoms with E-state index in [0.717, 1.165) is 89.9 Å². The minimum atomic E-state index is -0.987. The van der Waals surface area contributed by atoms with E-state index in [1.54, 1.807) is 0 Å². The third-order valence-corrected chi connectivity index (χ3v) is 9.53. The zero-order valence-corrected chi connectivity index (χ0v) is 35.8. The zero-order chi connectivity index (χ0) is 39.9. The molecular weight excluding hydrogens is 653 g/mol. The Morgan fingerprint density at radius 3 is 0.849 bits per heavy atom. The highest BCUT2D eigenvalue weighted by Gasteiger charge is 2.05. The molecule has 0 fully saturated rings. The molecule has 4 heteroatoms. The van der Waals surface area contributed by atoms with Gasteiger partial charge in [-0.25, -0.2) is 0 Å². The number of hydrogen-bond acceptors (Lipinski definition) is 3. The molecule has 0 unspecified atom stereocenters. The van der Waals surface area contributed by atoms with Crippen LogP contribution in [0.15, 0.2) is 105 Å². The summed E-state index contributed by atoms with van der Waals surface area (Å²) in [6.45, 7) is 22.4. The van der Waals surface area contributed by atoms with Gasteiger partial charge in [-0.3, -0.25) is 9.59 Å². The first-order valence-corrected chi connectivity index (χ1v) is 20.4. The van der Waals surface area contributed by atoms with Crippen molar-refractivity contribution in [3.05, 3.63) is 105 Å². The molecule has 1 N–H and O–H groups in total. The Kier molecular flexibility index (Phi) is 30.0. The van der Waals surface area contributed by atoms with Gasteiger partial charge in [0.1, 0.15) is 6.61 Å². The number of hydrogen-bond donors (Lipinski definition) is 1. The minimum absolute atomic E-state index is 0.0826. The summed E-state index contributed by atoms with van der Waals surface area (Å²) in [5.41, 5.74) is 13.0. The summed E-state index contributed by atoms with van der Waals surface area (Å²) < 4.78 is 5.07. The lowest BCUT2D eigenvalue weighted by molar-refractivity contribution is -0.146. The van der Waals surface area contributed by atoms with Gasteiger partial charge in [-0.2, -0.15) is 0 Å². The van der Waals surface area contributed by atoms with Gasteiger partial charge in [0.05, 0.1) is 12.8 Å². The molecule has 0 aromatic carbocycles. The van der Waals surface area contributed by atoms with Crippen molar-refractivity contribution in [3.8, 4) is 0 Å². The molecule has 0 aliphatic heterocycles. The maximum Gasteiger partial charge on any atom is 0.306 e. The van der Waals surface area contributed by atoms with E-state index in [4.69, 9.17) is 9.84 Å². The van der Waals surface area contributed by atoms with Crippen LogP contribution in [0, 0.1) is 0 Å². The van der Waals surface area contributed by atoms with E-state index in [-0.39, 0.29) is 19.4 Å². The lowest BCUT2D eigenvalue weighted by Gasteiger charge is -2.04. The van der Waals surface area contributed by atoms with Crippen LogP contribution in [0.3, 0.4) is 0 Å². The minimum Gasteiger partial charge on any atom is -0.481 e. The lowest BCUT2D eigenvalue weighted by Crippen LogP contribution is -2.07. The molecule has 0 aliphatic carbocycles. The van der Waals surface area contributed by atoms with Gasteiger partial charge in [-0.15, -0.1) is 0 Å². The van der Waals surface area contributed by atoms with E-state index in [1.165, 1.54) is 63.0 Å². The van der Waals surface area contributed by atoms with Gasteiger partial charge in [0, 0.05) is 0 Å². The molecule has 0 radical (unpaired) electrons. The molecule has 0 heterocycles. The molecule has 4 nitrogen and oxygen atoms in total. The van der Waals surface area contributed by atoms with Crippen LogP contribution in [0.5, 0.6) is 0 Å². The molecule has 0 saturated heterocycles. The third-order valence-electron chi connectivity index (χ3n) is 9.53. The summed E-state index contributed by atoms with van der Waals surface area (Å²) >= 11 is 0. The fourth-order valence-corrected chi connectivity index (χ4v) is 5.79. The van der Waals surface area contributed by atoms with Crippen molar-refractivity contribution < 1.29 is 19.4 Å². The first-order valence-electron chi connectivity index (χ1n) is 20.4. The highest BCUT2D eigenvalue weighted by Crippen LogP contribution is 2.17. The summed E-state index contributed by atoms with van der Waals surface area (Å²) in [6, 6.07) is 0. The molecule has 53 heavy (non-hydrogen) atoms. The summed E-state index contributed by atoms with van der Waals surface area (Å²) in [4.78, 5) is 22.0. The highest BCUT2D eigenvalue weighted by molar-refractivity contribution is 5.76. The van der Waals surface area contributed by atoms with Crippen LogP contribution in [0.4, 0.5) is 0 Å². The molecule has 0 bridgehead atoms. The lowest BCUT2D eigenvalue weighted by atomic mass is 10.0. The van der Waals surface area contributed by atoms with Crippen molar-refractivity contribution in [3.63, 3.8) is 0 Å². The number of carboxylic acid groups (broad SMARTS) is 1. The normalized spacial score (nSPS) is 14.2. The average Bonchev–Trinajstić information content (AvgIpc) is 3.07. The number of ether oxygens (including phenoxy) is 1. The maximum absolute atomic E-state index is 11.5. The van der Waals surface area contributed by atoms with Crippen molar-refractivity contribution in [2.45, 2.75) is 185 Å². The average molecular weight is 731 g/mol. The number of carbonyl (C=O) groups is 2. The molecule has 298 valence electrons. The van der Waals surface area contributed by atoms with Gasteiger partial charge >= 0.3 is 11.9 Å². The topological polar surface area (TPSA) is 63.6 Å². The number of esters is 1. The second-order valence-electron chi connectivity index (χ2n) is 15.6. The van der Waals surface area contributed by atoms with Gasteiger partial charge in [-0.05, 0) is 178 Å². The standard InChI is InChI=1S/C49H78O4/c1-39(2)19-11-20-40(3)21-12-22-41(4)23-13-24-42(5)25-14-26-43(6)27-15-28-44(7)29-16-30-45(8)31-17-32-46(9)33-18-34-47(10)37-38-53-49(52)36-35-48(50)51/h19,21,23,25,27,29,31,33,37H,11-18,20,22,24,26,28,30,32,34-36,38H2,1-10H3,(H,50,51)/b40-21+,41-23+,42-25+,43-27+,44-29+,45-31+,46-33+,47-37+. The Morgan fingerprint density at radius 2 is 0.604 bits per heavy atom. The largest absolute Gasteiger partial charge is 0.481 e. The van der Waals surface area contributed by atoms with Gasteiger partial charge < -0.3 is 9.84 Å². The van der Waals surface area contributed by atoms with Gasteiger partial charge in [-0.1, -0.05) is 98.8 Å². The monoisotopic (exact) mass is 731 g/mol. The second kappa shape index (κ2) is 32.1. The Labute approximate surface area is 326 Å². The second-order valence-corrected chi connectivity index (χ2v) is 15.6. The van der Waals surface area contributed by atoms with Crippen molar-refractivity contribution in [1.29, 1.82) is 0 Å². The van der Waals surface area contributed by atoms with Gasteiger partial charge in [0.2, 0.25) is 0 Å². The Bertz CT molecular complexity index is 1350. The fraction of sp³-hybridized carbons (Fsp3) is 0.592.